The number of carbonyl (C=O) groups excluding carboxylic acids is 1. The van der Waals surface area contributed by atoms with Gasteiger partial charge in [-0.15, -0.1) is 0 Å². The van der Waals surface area contributed by atoms with Gasteiger partial charge in [0.1, 0.15) is 5.69 Å². The zero-order chi connectivity index (χ0) is 20.3. The van der Waals surface area contributed by atoms with Crippen LogP contribution >= 0.6 is 15.9 Å². The number of carbonyl (C=O) groups is 1. The largest absolute Gasteiger partial charge is 0.323 e. The molecule has 0 unspecified atom stereocenters. The number of hydrogen-bond donors (Lipinski definition) is 2. The van der Waals surface area contributed by atoms with E-state index in [1.54, 1.807) is 21.5 Å². The molecule has 2 N–H and O–H groups in total. The molecule has 28 heavy (non-hydrogen) atoms. The Balaban J connectivity index is 2.00. The van der Waals surface area contributed by atoms with Crippen molar-refractivity contribution < 1.29 is 4.79 Å². The van der Waals surface area contributed by atoms with Gasteiger partial charge in [0.05, 0.1) is 11.4 Å². The van der Waals surface area contributed by atoms with Gasteiger partial charge in [0.25, 0.3) is 5.56 Å². The Kier molecular flexibility index (Phi) is 5.84. The van der Waals surface area contributed by atoms with Crippen molar-refractivity contribution in [2.75, 3.05) is 10.6 Å². The third-order valence-corrected chi connectivity index (χ3v) is 4.91. The summed E-state index contributed by atoms with van der Waals surface area (Å²) in [7, 11) is 0. The van der Waals surface area contributed by atoms with Crippen molar-refractivity contribution in [1.29, 1.82) is 0 Å². The molecule has 3 rings (SSSR count). The number of nitrogens with zero attached hydrogens (tertiary/aromatic N) is 2. The minimum Gasteiger partial charge on any atom is -0.308 e. The van der Waals surface area contributed by atoms with Crippen molar-refractivity contribution in [3.63, 3.8) is 0 Å². The third kappa shape index (κ3) is 3.94. The highest BCUT2D eigenvalue weighted by Gasteiger charge is 2.20. The Morgan fingerprint density at radius 1 is 1.04 bits per heavy atom. The Morgan fingerprint density at radius 3 is 2.29 bits per heavy atom. The number of hydrogen-bond acceptors (Lipinski definition) is 2. The molecule has 7 heteroatoms. The predicted molar refractivity (Wildman–Crippen MR) is 117 cm³/mol. The maximum atomic E-state index is 13.1. The summed E-state index contributed by atoms with van der Waals surface area (Å²) in [5.41, 5.74) is 2.81. The van der Waals surface area contributed by atoms with Gasteiger partial charge in [-0.1, -0.05) is 40.2 Å². The maximum Gasteiger partial charge on any atom is 0.323 e. The summed E-state index contributed by atoms with van der Waals surface area (Å²) in [6.07, 6.45) is 1.85. The zero-order valence-corrected chi connectivity index (χ0v) is 17.4. The Labute approximate surface area is 171 Å². The van der Waals surface area contributed by atoms with Gasteiger partial charge in [-0.25, -0.2) is 14.2 Å². The number of amides is 2. The summed E-state index contributed by atoms with van der Waals surface area (Å²) >= 11 is 3.36. The first-order valence-corrected chi connectivity index (χ1v) is 9.58. The molecule has 0 spiro atoms. The first-order valence-electron chi connectivity index (χ1n) is 8.79. The molecule has 144 valence electrons. The molecule has 0 fully saturated rings. The molecule has 0 saturated heterocycles. The van der Waals surface area contributed by atoms with Crippen molar-refractivity contribution in [3.05, 3.63) is 81.2 Å². The molecule has 0 aliphatic carbocycles. The first-order chi connectivity index (χ1) is 13.4. The molecule has 0 aliphatic heterocycles. The standard InChI is InChI=1S/C21H21BrN4O2/c1-4-14(2)25-20(27)19(15(3)26(25)18-8-6-5-7-9-18)24-21(28)23-17-12-10-16(22)11-13-17/h4-13H,1-3H3,(H2,23,24,28)/b14-4+. The summed E-state index contributed by atoms with van der Waals surface area (Å²) in [5.74, 6) is 0. The van der Waals surface area contributed by atoms with Gasteiger partial charge < -0.3 is 10.6 Å². The number of urea groups is 1. The minimum atomic E-state index is -0.474. The number of benzene rings is 2. The molecular formula is C21H21BrN4O2. The number of halogens is 1. The molecular weight excluding hydrogens is 420 g/mol. The monoisotopic (exact) mass is 440 g/mol. The summed E-state index contributed by atoms with van der Waals surface area (Å²) in [6, 6.07) is 16.3. The lowest BCUT2D eigenvalue weighted by Gasteiger charge is -2.13. The predicted octanol–water partition coefficient (Wildman–Crippen LogP) is 5.23. The second-order valence-electron chi connectivity index (χ2n) is 6.24. The molecule has 0 radical (unpaired) electrons. The van der Waals surface area contributed by atoms with E-state index in [2.05, 4.69) is 26.6 Å². The van der Waals surface area contributed by atoms with Gasteiger partial charge in [0.2, 0.25) is 0 Å². The van der Waals surface area contributed by atoms with Crippen LogP contribution in [-0.4, -0.2) is 15.4 Å². The highest BCUT2D eigenvalue weighted by atomic mass is 79.9. The van der Waals surface area contributed by atoms with Crippen LogP contribution in [0.25, 0.3) is 11.4 Å². The van der Waals surface area contributed by atoms with Crippen molar-refractivity contribution in [2.24, 2.45) is 0 Å². The van der Waals surface area contributed by atoms with Crippen LogP contribution < -0.4 is 16.2 Å². The summed E-state index contributed by atoms with van der Waals surface area (Å²) in [4.78, 5) is 25.5. The second-order valence-corrected chi connectivity index (χ2v) is 7.16. The SMILES string of the molecule is C/C=C(\C)n1c(=O)c(NC(=O)Nc2ccc(Br)cc2)c(C)n1-c1ccccc1. The highest BCUT2D eigenvalue weighted by molar-refractivity contribution is 9.10. The zero-order valence-electron chi connectivity index (χ0n) is 15.9. The van der Waals surface area contributed by atoms with E-state index in [-0.39, 0.29) is 11.2 Å². The summed E-state index contributed by atoms with van der Waals surface area (Å²) in [6.45, 7) is 5.53. The fourth-order valence-corrected chi connectivity index (χ4v) is 3.14. The van der Waals surface area contributed by atoms with E-state index in [1.165, 1.54) is 0 Å². The van der Waals surface area contributed by atoms with Gasteiger partial charge >= 0.3 is 6.03 Å². The van der Waals surface area contributed by atoms with Crippen LogP contribution in [0.3, 0.4) is 0 Å². The molecule has 0 aliphatic rings. The Hall–Kier alpha value is -3.06. The molecule has 2 aromatic carbocycles. The van der Waals surface area contributed by atoms with Gasteiger partial charge in [-0.05, 0) is 57.2 Å². The lowest BCUT2D eigenvalue weighted by molar-refractivity contribution is 0.262. The van der Waals surface area contributed by atoms with Crippen molar-refractivity contribution >= 4 is 39.0 Å². The number of aromatic nitrogens is 2. The van der Waals surface area contributed by atoms with Crippen LogP contribution in [0.5, 0.6) is 0 Å². The van der Waals surface area contributed by atoms with Crippen molar-refractivity contribution in [2.45, 2.75) is 20.8 Å². The number of nitrogens with one attached hydrogen (secondary N) is 2. The third-order valence-electron chi connectivity index (χ3n) is 4.38. The molecule has 0 atom stereocenters. The Bertz CT molecular complexity index is 1080. The van der Waals surface area contributed by atoms with E-state index in [4.69, 9.17) is 0 Å². The fraction of sp³-hybridized carbons (Fsp3) is 0.143. The molecule has 2 amide bonds. The molecule has 1 heterocycles. The van der Waals surface area contributed by atoms with Crippen LogP contribution in [0.15, 0.2) is 69.9 Å². The smallest absolute Gasteiger partial charge is 0.308 e. The molecule has 3 aromatic rings. The molecule has 0 saturated carbocycles. The molecule has 1 aromatic heterocycles. The van der Waals surface area contributed by atoms with Crippen LogP contribution in [0, 0.1) is 6.92 Å². The van der Waals surface area contributed by atoms with E-state index < -0.39 is 6.03 Å². The van der Waals surface area contributed by atoms with E-state index >= 15 is 0 Å². The van der Waals surface area contributed by atoms with E-state index in [0.29, 0.717) is 11.4 Å². The fourth-order valence-electron chi connectivity index (χ4n) is 2.88. The highest BCUT2D eigenvalue weighted by Crippen LogP contribution is 2.20. The van der Waals surface area contributed by atoms with Gasteiger partial charge in [0, 0.05) is 15.9 Å². The van der Waals surface area contributed by atoms with Gasteiger partial charge in [0.15, 0.2) is 0 Å². The van der Waals surface area contributed by atoms with Crippen LogP contribution in [-0.2, 0) is 0 Å². The second kappa shape index (κ2) is 8.31. The topological polar surface area (TPSA) is 68.1 Å². The Morgan fingerprint density at radius 2 is 1.68 bits per heavy atom. The number of rotatable bonds is 4. The average Bonchev–Trinajstić information content (AvgIpc) is 2.94. The summed E-state index contributed by atoms with van der Waals surface area (Å²) < 4.78 is 4.27. The number of para-hydroxylation sites is 1. The number of allylic oxidation sites excluding steroid dienone is 2. The van der Waals surface area contributed by atoms with Crippen LogP contribution in [0.2, 0.25) is 0 Å². The van der Waals surface area contributed by atoms with E-state index in [9.17, 15) is 9.59 Å². The minimum absolute atomic E-state index is 0.236. The average molecular weight is 441 g/mol. The van der Waals surface area contributed by atoms with Crippen LogP contribution in [0.4, 0.5) is 16.2 Å². The van der Waals surface area contributed by atoms with Crippen molar-refractivity contribution in [3.8, 4) is 5.69 Å². The lowest BCUT2D eigenvalue weighted by atomic mass is 10.3. The van der Waals surface area contributed by atoms with Crippen LogP contribution in [0.1, 0.15) is 19.5 Å². The lowest BCUT2D eigenvalue weighted by Crippen LogP contribution is -2.25. The summed E-state index contributed by atoms with van der Waals surface area (Å²) in [5, 5.41) is 5.45. The van der Waals surface area contributed by atoms with Crippen molar-refractivity contribution in [1.82, 2.24) is 9.36 Å². The first kappa shape index (κ1) is 19.7. The van der Waals surface area contributed by atoms with Gasteiger partial charge in [-0.2, -0.15) is 0 Å². The quantitative estimate of drug-likeness (QED) is 0.582. The normalized spacial score (nSPS) is 11.4. The molecule has 6 nitrogen and oxygen atoms in total. The molecule has 0 bridgehead atoms. The van der Waals surface area contributed by atoms with E-state index in [1.807, 2.05) is 69.3 Å². The van der Waals surface area contributed by atoms with Gasteiger partial charge in [-0.3, -0.25) is 4.79 Å². The van der Waals surface area contributed by atoms with E-state index in [0.717, 1.165) is 15.9 Å². The maximum absolute atomic E-state index is 13.1. The number of anilines is 2.